The predicted molar refractivity (Wildman–Crippen MR) is 100 cm³/mol. The Morgan fingerprint density at radius 1 is 0.536 bits per heavy atom. The summed E-state index contributed by atoms with van der Waals surface area (Å²) >= 11 is 0. The average Bonchev–Trinajstić information content (AvgIpc) is 3.38. The van der Waals surface area contributed by atoms with Crippen LogP contribution in [0.25, 0.3) is 5.57 Å². The predicted octanol–water partition coefficient (Wildman–Crippen LogP) is 8.26. The number of allylic oxidation sites excluding steroid dienone is 2. The maximum atomic E-state index is 9.87. The molecule has 0 fully saturated rings. The number of hydrogen-bond donors (Lipinski definition) is 0. The maximum Gasteiger partial charge on any atom is 0.229 e. The zero-order chi connectivity index (χ0) is 20.5. The molecule has 0 nitrogen and oxygen atoms in total. The van der Waals surface area contributed by atoms with Crippen LogP contribution in [-0.2, 0) is 5.41 Å². The SMILES string of the molecule is F[P-](F)(F)(F)(F)F.[C+]1=C(c2ccccc2)C1(c1ccccc1)c1ccccc1. The van der Waals surface area contributed by atoms with E-state index in [9.17, 15) is 25.2 Å². The van der Waals surface area contributed by atoms with Crippen molar-refractivity contribution in [1.29, 1.82) is 0 Å². The summed E-state index contributed by atoms with van der Waals surface area (Å²) in [5.74, 6) is 0. The van der Waals surface area contributed by atoms with Gasteiger partial charge in [-0.05, 0) is 12.1 Å². The molecule has 0 amide bonds. The first kappa shape index (κ1) is 20.1. The molecular formula is C21H15F6P. The molecule has 7 heteroatoms. The van der Waals surface area contributed by atoms with Crippen LogP contribution in [0.2, 0.25) is 0 Å². The van der Waals surface area contributed by atoms with Crippen molar-refractivity contribution in [3.8, 4) is 0 Å². The molecule has 0 aliphatic heterocycles. The summed E-state index contributed by atoms with van der Waals surface area (Å²) < 4.78 is 59.2. The Labute approximate surface area is 158 Å². The topological polar surface area (TPSA) is 0 Å². The molecule has 0 spiro atoms. The summed E-state index contributed by atoms with van der Waals surface area (Å²) in [5, 5.41) is 0. The molecule has 0 bridgehead atoms. The van der Waals surface area contributed by atoms with Gasteiger partial charge in [0.25, 0.3) is 0 Å². The fourth-order valence-corrected chi connectivity index (χ4v) is 3.03. The Morgan fingerprint density at radius 2 is 0.857 bits per heavy atom. The van der Waals surface area contributed by atoms with Crippen LogP contribution in [0.1, 0.15) is 16.7 Å². The molecule has 3 aromatic rings. The second-order valence-electron chi connectivity index (χ2n) is 6.31. The van der Waals surface area contributed by atoms with E-state index in [4.69, 9.17) is 0 Å². The van der Waals surface area contributed by atoms with Crippen LogP contribution >= 0.6 is 7.81 Å². The van der Waals surface area contributed by atoms with Crippen molar-refractivity contribution in [1.82, 2.24) is 0 Å². The number of hydrogen-bond acceptors (Lipinski definition) is 0. The molecule has 0 aromatic heterocycles. The third kappa shape index (κ3) is 5.41. The van der Waals surface area contributed by atoms with Crippen molar-refractivity contribution >= 4 is 13.4 Å². The summed E-state index contributed by atoms with van der Waals surface area (Å²) in [5.41, 5.74) is 4.93. The zero-order valence-corrected chi connectivity index (χ0v) is 15.3. The molecule has 0 radical (unpaired) electrons. The van der Waals surface area contributed by atoms with Crippen LogP contribution in [-0.4, -0.2) is 0 Å². The minimum Gasteiger partial charge on any atom is -0.0622 e. The molecule has 0 heterocycles. The molecule has 0 unspecified atom stereocenters. The number of halogens is 6. The Balaban J connectivity index is 0.000000279. The minimum absolute atomic E-state index is 0.177. The van der Waals surface area contributed by atoms with Gasteiger partial charge in [-0.25, -0.2) is 0 Å². The first-order valence-corrected chi connectivity index (χ1v) is 10.3. The van der Waals surface area contributed by atoms with Crippen LogP contribution in [0.15, 0.2) is 91.0 Å². The van der Waals surface area contributed by atoms with Gasteiger partial charge in [-0.2, -0.15) is 0 Å². The third-order valence-corrected chi connectivity index (χ3v) is 4.10. The van der Waals surface area contributed by atoms with Gasteiger partial charge in [0.2, 0.25) is 11.0 Å². The van der Waals surface area contributed by atoms with Gasteiger partial charge in [-0.3, -0.25) is 0 Å². The Hall–Kier alpha value is -2.68. The van der Waals surface area contributed by atoms with Crippen molar-refractivity contribution in [2.75, 3.05) is 0 Å². The van der Waals surface area contributed by atoms with E-state index in [0.29, 0.717) is 0 Å². The quantitative estimate of drug-likeness (QED) is 0.231. The Kier molecular flexibility index (Phi) is 4.42. The molecule has 0 saturated heterocycles. The number of benzene rings is 3. The fraction of sp³-hybridized carbons (Fsp3) is 0.0476. The van der Waals surface area contributed by atoms with Crippen molar-refractivity contribution in [3.05, 3.63) is 114 Å². The third-order valence-electron chi connectivity index (χ3n) is 4.10. The van der Waals surface area contributed by atoms with Gasteiger partial charge in [0.05, 0.1) is 6.08 Å². The van der Waals surface area contributed by atoms with Gasteiger partial charge in [-0.15, -0.1) is 0 Å². The summed E-state index contributed by atoms with van der Waals surface area (Å²) in [7, 11) is -10.7. The number of rotatable bonds is 3. The molecule has 0 atom stereocenters. The maximum absolute atomic E-state index is 10.7. The van der Waals surface area contributed by atoms with Crippen LogP contribution in [0.5, 0.6) is 0 Å². The van der Waals surface area contributed by atoms with E-state index in [1.54, 1.807) is 0 Å². The average molecular weight is 412 g/mol. The summed E-state index contributed by atoms with van der Waals surface area (Å²) in [4.78, 5) is 0. The van der Waals surface area contributed by atoms with Gasteiger partial charge in [0.1, 0.15) is 5.56 Å². The molecule has 146 valence electrons. The smallest absolute Gasteiger partial charge is 0.0622 e. The molecule has 4 rings (SSSR count). The monoisotopic (exact) mass is 412 g/mol. The minimum atomic E-state index is -10.7. The van der Waals surface area contributed by atoms with Crippen LogP contribution in [0, 0.1) is 6.08 Å². The van der Waals surface area contributed by atoms with E-state index >= 15 is 0 Å². The van der Waals surface area contributed by atoms with Gasteiger partial charge in [0.15, 0.2) is 0 Å². The van der Waals surface area contributed by atoms with Crippen molar-refractivity contribution in [3.63, 3.8) is 0 Å². The largest absolute Gasteiger partial charge is 0.229 e. The molecule has 3 aromatic carbocycles. The van der Waals surface area contributed by atoms with E-state index in [2.05, 4.69) is 97.1 Å². The second kappa shape index (κ2) is 6.16. The Bertz CT molecular complexity index is 928. The van der Waals surface area contributed by atoms with Crippen molar-refractivity contribution in [2.24, 2.45) is 0 Å². The van der Waals surface area contributed by atoms with E-state index in [1.807, 2.05) is 0 Å². The Morgan fingerprint density at radius 3 is 1.21 bits per heavy atom. The summed E-state index contributed by atoms with van der Waals surface area (Å²) in [6.45, 7) is 0. The van der Waals surface area contributed by atoms with Crippen LogP contribution in [0.3, 0.4) is 0 Å². The molecule has 0 saturated carbocycles. The fourth-order valence-electron chi connectivity index (χ4n) is 3.03. The van der Waals surface area contributed by atoms with Gasteiger partial charge >= 0.3 is 33.0 Å². The summed E-state index contributed by atoms with van der Waals surface area (Å²) in [6.07, 6.45) is 3.65. The standard InChI is InChI=1S/C21H15.F6P/c1-4-10-17(11-5-1)20-16-21(20,18-12-6-2-7-13-18)19-14-8-3-9-15-19;1-7(2,3,4,5)6/h1-15H;/q+1;-1. The molecule has 28 heavy (non-hydrogen) atoms. The van der Waals surface area contributed by atoms with E-state index < -0.39 is 7.81 Å². The van der Waals surface area contributed by atoms with Gasteiger partial charge < -0.3 is 0 Å². The summed E-state index contributed by atoms with van der Waals surface area (Å²) in [6, 6.07) is 31.8. The first-order chi connectivity index (χ1) is 12.9. The van der Waals surface area contributed by atoms with Crippen LogP contribution < -0.4 is 0 Å². The van der Waals surface area contributed by atoms with E-state index in [0.717, 1.165) is 0 Å². The van der Waals surface area contributed by atoms with Gasteiger partial charge in [0, 0.05) is 23.3 Å². The molecule has 0 N–H and O–H groups in total. The van der Waals surface area contributed by atoms with E-state index in [-0.39, 0.29) is 5.41 Å². The zero-order valence-electron chi connectivity index (χ0n) is 14.4. The van der Waals surface area contributed by atoms with Crippen molar-refractivity contribution in [2.45, 2.75) is 5.41 Å². The first-order valence-electron chi connectivity index (χ1n) is 8.25. The molecule has 1 aliphatic rings. The van der Waals surface area contributed by atoms with Crippen molar-refractivity contribution < 1.29 is 25.2 Å². The molecule has 1 aliphatic carbocycles. The van der Waals surface area contributed by atoms with Crippen LogP contribution in [0.4, 0.5) is 25.2 Å². The van der Waals surface area contributed by atoms with Gasteiger partial charge in [-0.1, -0.05) is 66.7 Å². The normalized spacial score (nSPS) is 17.0. The second-order valence-corrected chi connectivity index (χ2v) is 8.22. The molecular weight excluding hydrogens is 397 g/mol. The van der Waals surface area contributed by atoms with E-state index in [1.165, 1.54) is 22.3 Å².